The molecule has 4 heteroatoms. The minimum absolute atomic E-state index is 0.213. The average Bonchev–Trinajstić information content (AvgIpc) is 3.51. The topological polar surface area (TPSA) is 38.1 Å². The number of H-pyrrole nitrogens is 2. The lowest BCUT2D eigenvalue weighted by Gasteiger charge is -2.43. The first kappa shape index (κ1) is 24.9. The van der Waals surface area contributed by atoms with E-state index < -0.39 is 0 Å². The number of para-hydroxylation sites is 2. The first-order valence-electron chi connectivity index (χ1n) is 14.4. The van der Waals surface area contributed by atoms with Crippen molar-refractivity contribution in [3.05, 3.63) is 143 Å². The number of nitrogens with zero attached hydrogens (tertiary/aromatic N) is 2. The van der Waals surface area contributed by atoms with Gasteiger partial charge >= 0.3 is 0 Å². The first-order chi connectivity index (χ1) is 19.7. The largest absolute Gasteiger partial charge is 0.358 e. The Balaban J connectivity index is 1.25. The minimum Gasteiger partial charge on any atom is -0.358 e. The molecule has 7 rings (SSSR count). The summed E-state index contributed by atoms with van der Waals surface area (Å²) in [5, 5.41) is 2.65. The lowest BCUT2D eigenvalue weighted by Crippen LogP contribution is -2.49. The van der Waals surface area contributed by atoms with Crippen molar-refractivity contribution in [3.8, 4) is 0 Å². The van der Waals surface area contributed by atoms with Gasteiger partial charge in [0.15, 0.2) is 0 Å². The third kappa shape index (κ3) is 4.34. The van der Waals surface area contributed by atoms with Crippen molar-refractivity contribution in [2.75, 3.05) is 26.2 Å². The summed E-state index contributed by atoms with van der Waals surface area (Å²) >= 11 is 0. The maximum Gasteiger partial charge on any atom is 0.0626 e. The van der Waals surface area contributed by atoms with Crippen LogP contribution in [0.15, 0.2) is 109 Å². The first-order valence-corrected chi connectivity index (χ1v) is 14.4. The van der Waals surface area contributed by atoms with Gasteiger partial charge in [-0.2, -0.15) is 0 Å². The van der Waals surface area contributed by atoms with E-state index in [0.29, 0.717) is 0 Å². The fourth-order valence-electron chi connectivity index (χ4n) is 6.95. The molecule has 4 nitrogen and oxygen atoms in total. The number of nitrogens with one attached hydrogen (secondary N) is 2. The number of fused-ring (bicyclic) bond motifs is 2. The second-order valence-corrected chi connectivity index (χ2v) is 11.1. The van der Waals surface area contributed by atoms with E-state index in [2.05, 4.69) is 143 Å². The molecule has 2 aromatic heterocycles. The Hall–Kier alpha value is -4.12. The summed E-state index contributed by atoms with van der Waals surface area (Å²) in [5.74, 6) is 0. The molecular formula is C36H36N4. The highest BCUT2D eigenvalue weighted by Gasteiger charge is 2.34. The summed E-state index contributed by atoms with van der Waals surface area (Å²) in [7, 11) is 0. The summed E-state index contributed by atoms with van der Waals surface area (Å²) in [6.07, 6.45) is 0. The molecule has 1 fully saturated rings. The van der Waals surface area contributed by atoms with Gasteiger partial charge < -0.3 is 9.97 Å². The number of benzene rings is 4. The molecule has 2 atom stereocenters. The Morgan fingerprint density at radius 1 is 0.475 bits per heavy atom. The number of piperazine rings is 1. The molecule has 3 heterocycles. The Morgan fingerprint density at radius 2 is 0.825 bits per heavy atom. The second-order valence-electron chi connectivity index (χ2n) is 11.1. The highest BCUT2D eigenvalue weighted by molar-refractivity contribution is 5.86. The van der Waals surface area contributed by atoms with Crippen LogP contribution in [0.3, 0.4) is 0 Å². The van der Waals surface area contributed by atoms with Crippen molar-refractivity contribution in [1.29, 1.82) is 0 Å². The molecule has 0 aliphatic carbocycles. The molecule has 1 aliphatic rings. The summed E-state index contributed by atoms with van der Waals surface area (Å²) in [4.78, 5) is 12.7. The molecule has 40 heavy (non-hydrogen) atoms. The van der Waals surface area contributed by atoms with Crippen LogP contribution in [-0.2, 0) is 0 Å². The van der Waals surface area contributed by atoms with Crippen molar-refractivity contribution >= 4 is 21.8 Å². The summed E-state index contributed by atoms with van der Waals surface area (Å²) in [6.45, 7) is 8.47. The molecule has 200 valence electrons. The van der Waals surface area contributed by atoms with Crippen LogP contribution in [0.1, 0.15) is 45.7 Å². The van der Waals surface area contributed by atoms with E-state index in [9.17, 15) is 0 Å². The van der Waals surface area contributed by atoms with Crippen molar-refractivity contribution in [1.82, 2.24) is 19.8 Å². The molecular weight excluding hydrogens is 488 g/mol. The Bertz CT molecular complexity index is 1610. The van der Waals surface area contributed by atoms with Gasteiger partial charge in [-0.05, 0) is 37.1 Å². The molecule has 0 spiro atoms. The molecule has 0 unspecified atom stereocenters. The van der Waals surface area contributed by atoms with Crippen LogP contribution in [0.2, 0.25) is 0 Å². The van der Waals surface area contributed by atoms with Crippen molar-refractivity contribution < 1.29 is 0 Å². The van der Waals surface area contributed by atoms with Gasteiger partial charge in [0, 0.05) is 70.5 Å². The predicted octanol–water partition coefficient (Wildman–Crippen LogP) is 7.76. The molecule has 1 aliphatic heterocycles. The van der Waals surface area contributed by atoms with Crippen molar-refractivity contribution in [2.24, 2.45) is 0 Å². The number of aromatic nitrogens is 2. The highest BCUT2D eigenvalue weighted by atomic mass is 15.3. The Kier molecular flexibility index (Phi) is 6.51. The Labute approximate surface area is 236 Å². The second kappa shape index (κ2) is 10.5. The molecule has 2 N–H and O–H groups in total. The van der Waals surface area contributed by atoms with Crippen molar-refractivity contribution in [2.45, 2.75) is 25.9 Å². The van der Waals surface area contributed by atoms with Crippen LogP contribution in [0, 0.1) is 13.8 Å². The third-order valence-corrected chi connectivity index (χ3v) is 8.74. The zero-order valence-corrected chi connectivity index (χ0v) is 23.3. The number of aromatic amines is 2. The molecule has 1 saturated heterocycles. The standard InChI is InChI=1S/C36H36N4/c1-25-33(29-17-9-11-19-31(29)37-25)35(27-13-5-3-6-14-27)39-21-23-40(24-22-39)36(28-15-7-4-8-16-28)34-26(2)38-32-20-12-10-18-30(32)34/h3-20,35-38H,21-24H2,1-2H3/t35-,36-/m1/s1. The van der Waals surface area contributed by atoms with Crippen molar-refractivity contribution in [3.63, 3.8) is 0 Å². The zero-order chi connectivity index (χ0) is 27.1. The molecule has 0 bridgehead atoms. The van der Waals surface area contributed by atoms with E-state index in [4.69, 9.17) is 0 Å². The maximum atomic E-state index is 3.67. The molecule has 0 amide bonds. The van der Waals surface area contributed by atoms with Gasteiger partial charge in [-0.25, -0.2) is 0 Å². The molecule has 0 radical (unpaired) electrons. The SMILES string of the molecule is Cc1[nH]c2ccccc2c1[C@@H](c1ccccc1)N1CCN([C@H](c2ccccc2)c2c(C)[nH]c3ccccc23)CC1. The van der Waals surface area contributed by atoms with E-state index in [-0.39, 0.29) is 12.1 Å². The smallest absolute Gasteiger partial charge is 0.0626 e. The summed E-state index contributed by atoms with van der Waals surface area (Å²) < 4.78 is 0. The van der Waals surface area contributed by atoms with E-state index in [1.54, 1.807) is 0 Å². The van der Waals surface area contributed by atoms with Gasteiger partial charge in [0.1, 0.15) is 0 Å². The number of aryl methyl sites for hydroxylation is 2. The fraction of sp³-hybridized carbons (Fsp3) is 0.222. The summed E-state index contributed by atoms with van der Waals surface area (Å²) in [6, 6.07) is 40.0. The Morgan fingerprint density at radius 3 is 1.23 bits per heavy atom. The van der Waals surface area contributed by atoms with E-state index in [1.165, 1.54) is 55.4 Å². The van der Waals surface area contributed by atoms with E-state index in [0.717, 1.165) is 26.2 Å². The van der Waals surface area contributed by atoms with Gasteiger partial charge in [0.2, 0.25) is 0 Å². The van der Waals surface area contributed by atoms with E-state index >= 15 is 0 Å². The maximum absolute atomic E-state index is 3.67. The van der Waals surface area contributed by atoms with E-state index in [1.807, 2.05) is 0 Å². The highest BCUT2D eigenvalue weighted by Crippen LogP contribution is 2.40. The van der Waals surface area contributed by atoms with Gasteiger partial charge in [0.25, 0.3) is 0 Å². The molecule has 4 aromatic carbocycles. The minimum atomic E-state index is 0.213. The number of hydrogen-bond acceptors (Lipinski definition) is 2. The van der Waals surface area contributed by atoms with Gasteiger partial charge in [-0.3, -0.25) is 9.80 Å². The normalized spacial score (nSPS) is 16.4. The lowest BCUT2D eigenvalue weighted by molar-refractivity contribution is 0.0902. The molecule has 0 saturated carbocycles. The summed E-state index contributed by atoms with van der Waals surface area (Å²) in [5.41, 5.74) is 10.5. The van der Waals surface area contributed by atoms with Crippen LogP contribution < -0.4 is 0 Å². The molecule has 6 aromatic rings. The van der Waals surface area contributed by atoms with Crippen LogP contribution in [0.4, 0.5) is 0 Å². The third-order valence-electron chi connectivity index (χ3n) is 8.74. The van der Waals surface area contributed by atoms with Crippen LogP contribution in [-0.4, -0.2) is 45.9 Å². The average molecular weight is 525 g/mol. The fourth-order valence-corrected chi connectivity index (χ4v) is 6.95. The van der Waals surface area contributed by atoms with Gasteiger partial charge in [0.05, 0.1) is 12.1 Å². The number of rotatable bonds is 6. The van der Waals surface area contributed by atoms with Gasteiger partial charge in [-0.1, -0.05) is 97.1 Å². The number of hydrogen-bond donors (Lipinski definition) is 2. The van der Waals surface area contributed by atoms with Gasteiger partial charge in [-0.15, -0.1) is 0 Å². The lowest BCUT2D eigenvalue weighted by atomic mass is 9.92. The zero-order valence-electron chi connectivity index (χ0n) is 23.3. The van der Waals surface area contributed by atoms with Crippen LogP contribution in [0.25, 0.3) is 21.8 Å². The van der Waals surface area contributed by atoms with Crippen LogP contribution >= 0.6 is 0 Å². The van der Waals surface area contributed by atoms with Crippen LogP contribution in [0.5, 0.6) is 0 Å². The monoisotopic (exact) mass is 524 g/mol. The predicted molar refractivity (Wildman–Crippen MR) is 166 cm³/mol. The quantitative estimate of drug-likeness (QED) is 0.234.